The summed E-state index contributed by atoms with van der Waals surface area (Å²) in [5, 5.41) is 9.08. The van der Waals surface area contributed by atoms with E-state index in [-0.39, 0.29) is 24.4 Å². The van der Waals surface area contributed by atoms with Crippen LogP contribution in [0.2, 0.25) is 0 Å². The Morgan fingerprint density at radius 3 is 2.09 bits per heavy atom. The fourth-order valence-electron chi connectivity index (χ4n) is 3.58. The molecule has 0 aliphatic rings. The molecule has 0 amide bonds. The number of hydrogen-bond donors (Lipinski definition) is 1. The number of rotatable bonds is 11. The van der Waals surface area contributed by atoms with Crippen LogP contribution in [-0.4, -0.2) is 23.8 Å². The largest absolute Gasteiger partial charge is 0.481 e. The number of hydrogen-bond acceptors (Lipinski definition) is 3. The van der Waals surface area contributed by atoms with E-state index in [1.165, 1.54) is 9.87 Å². The van der Waals surface area contributed by atoms with Crippen molar-refractivity contribution in [3.05, 3.63) is 101 Å². The molecule has 0 aliphatic heterocycles. The smallest absolute Gasteiger partial charge is 0.307 e. The molecule has 32 heavy (non-hydrogen) atoms. The fourth-order valence-corrected chi connectivity index (χ4v) is 5.02. The molecule has 3 aromatic carbocycles. The maximum atomic E-state index is 13.4. The monoisotopic (exact) mass is 451 g/mol. The number of benzene rings is 3. The number of sulfonamides is 1. The number of carboxylic acids is 1. The van der Waals surface area contributed by atoms with E-state index in [2.05, 4.69) is 19.1 Å². The molecule has 0 radical (unpaired) electrons. The summed E-state index contributed by atoms with van der Waals surface area (Å²) in [5.41, 5.74) is 3.55. The van der Waals surface area contributed by atoms with Gasteiger partial charge in [-0.15, -0.1) is 0 Å². The summed E-state index contributed by atoms with van der Waals surface area (Å²) >= 11 is 0. The maximum Gasteiger partial charge on any atom is 0.307 e. The molecule has 3 aromatic rings. The van der Waals surface area contributed by atoms with Crippen molar-refractivity contribution in [2.75, 3.05) is 0 Å². The Kier molecular flexibility index (Phi) is 8.20. The first kappa shape index (κ1) is 23.7. The molecule has 0 bridgehead atoms. The molecule has 6 heteroatoms. The lowest BCUT2D eigenvalue weighted by Crippen LogP contribution is -2.30. The zero-order valence-electron chi connectivity index (χ0n) is 18.3. The topological polar surface area (TPSA) is 74.7 Å². The van der Waals surface area contributed by atoms with Crippen LogP contribution < -0.4 is 0 Å². The minimum atomic E-state index is -3.74. The summed E-state index contributed by atoms with van der Waals surface area (Å²) in [7, 11) is -3.74. The molecule has 0 aromatic heterocycles. The standard InChI is InChI=1S/C26H29NO4S/c1-2-3-8-21-13-15-22(16-14-21)19-27(32(30,31)25-11-5-4-6-12-25)20-24-10-7-9-23(17-24)18-26(28)29/h4-7,9-17H,2-3,8,18-20H2,1H3,(H,28,29). The van der Waals surface area contributed by atoms with Crippen molar-refractivity contribution in [3.63, 3.8) is 0 Å². The van der Waals surface area contributed by atoms with Crippen LogP contribution in [-0.2, 0) is 40.7 Å². The number of carbonyl (C=O) groups is 1. The van der Waals surface area contributed by atoms with Crippen LogP contribution in [0.25, 0.3) is 0 Å². The summed E-state index contributed by atoms with van der Waals surface area (Å²) < 4.78 is 28.3. The van der Waals surface area contributed by atoms with Crippen LogP contribution >= 0.6 is 0 Å². The van der Waals surface area contributed by atoms with Crippen LogP contribution in [0.15, 0.2) is 83.8 Å². The zero-order valence-corrected chi connectivity index (χ0v) is 19.1. The Balaban J connectivity index is 1.89. The zero-order chi connectivity index (χ0) is 23.0. The normalized spacial score (nSPS) is 11.6. The summed E-state index contributed by atoms with van der Waals surface area (Å²) in [6.07, 6.45) is 3.17. The van der Waals surface area contributed by atoms with Crippen LogP contribution in [0, 0.1) is 0 Å². The van der Waals surface area contributed by atoms with Crippen molar-refractivity contribution in [1.29, 1.82) is 0 Å². The van der Waals surface area contributed by atoms with Gasteiger partial charge in [-0.05, 0) is 47.2 Å². The third kappa shape index (κ3) is 6.52. The molecule has 0 unspecified atom stereocenters. The van der Waals surface area contributed by atoms with Gasteiger partial charge in [-0.1, -0.05) is 80.1 Å². The number of unbranched alkanes of at least 4 members (excludes halogenated alkanes) is 1. The van der Waals surface area contributed by atoms with Crippen LogP contribution in [0.3, 0.4) is 0 Å². The van der Waals surface area contributed by atoms with Gasteiger partial charge in [0.25, 0.3) is 0 Å². The molecule has 5 nitrogen and oxygen atoms in total. The molecule has 0 fully saturated rings. The van der Waals surface area contributed by atoms with Gasteiger partial charge in [-0.25, -0.2) is 8.42 Å². The summed E-state index contributed by atoms with van der Waals surface area (Å²) in [6, 6.07) is 23.6. The van der Waals surface area contributed by atoms with Crippen molar-refractivity contribution >= 4 is 16.0 Å². The van der Waals surface area contributed by atoms with Gasteiger partial charge in [-0.2, -0.15) is 4.31 Å². The van der Waals surface area contributed by atoms with Gasteiger partial charge in [0, 0.05) is 13.1 Å². The van der Waals surface area contributed by atoms with Crippen molar-refractivity contribution in [2.45, 2.75) is 50.6 Å². The lowest BCUT2D eigenvalue weighted by Gasteiger charge is -2.23. The van der Waals surface area contributed by atoms with Crippen LogP contribution in [0.5, 0.6) is 0 Å². The van der Waals surface area contributed by atoms with E-state index in [9.17, 15) is 13.2 Å². The highest BCUT2D eigenvalue weighted by Crippen LogP contribution is 2.22. The number of aliphatic carboxylic acids is 1. The van der Waals surface area contributed by atoms with Gasteiger partial charge in [-0.3, -0.25) is 4.79 Å². The first-order valence-corrected chi connectivity index (χ1v) is 12.2. The van der Waals surface area contributed by atoms with Gasteiger partial charge in [0.1, 0.15) is 0 Å². The van der Waals surface area contributed by atoms with Crippen molar-refractivity contribution in [3.8, 4) is 0 Å². The third-order valence-corrected chi connectivity index (χ3v) is 7.09. The summed E-state index contributed by atoms with van der Waals surface area (Å²) in [6.45, 7) is 2.54. The fraction of sp³-hybridized carbons (Fsp3) is 0.269. The van der Waals surface area contributed by atoms with Crippen molar-refractivity contribution in [2.24, 2.45) is 0 Å². The third-order valence-electron chi connectivity index (χ3n) is 5.29. The molecular formula is C26H29NO4S. The van der Waals surface area contributed by atoms with E-state index >= 15 is 0 Å². The summed E-state index contributed by atoms with van der Waals surface area (Å²) in [4.78, 5) is 11.3. The second kappa shape index (κ2) is 11.1. The first-order valence-electron chi connectivity index (χ1n) is 10.8. The molecule has 0 atom stereocenters. The average molecular weight is 452 g/mol. The van der Waals surface area contributed by atoms with Crippen molar-refractivity contribution in [1.82, 2.24) is 4.31 Å². The molecule has 0 aliphatic carbocycles. The molecule has 0 saturated heterocycles. The number of nitrogens with zero attached hydrogens (tertiary/aromatic N) is 1. The first-order chi connectivity index (χ1) is 15.4. The highest BCUT2D eigenvalue weighted by Gasteiger charge is 2.25. The predicted octanol–water partition coefficient (Wildman–Crippen LogP) is 5.05. The molecule has 1 N–H and O–H groups in total. The lowest BCUT2D eigenvalue weighted by molar-refractivity contribution is -0.136. The average Bonchev–Trinajstić information content (AvgIpc) is 2.78. The maximum absolute atomic E-state index is 13.4. The van der Waals surface area contributed by atoms with E-state index in [1.807, 2.05) is 18.2 Å². The van der Waals surface area contributed by atoms with Gasteiger partial charge in [0.05, 0.1) is 11.3 Å². The second-order valence-electron chi connectivity index (χ2n) is 7.90. The molecule has 0 heterocycles. The Labute approximate surface area is 190 Å². The Hall–Kier alpha value is -2.96. The Morgan fingerprint density at radius 2 is 1.44 bits per heavy atom. The molecule has 3 rings (SSSR count). The van der Waals surface area contributed by atoms with Gasteiger partial charge in [0.15, 0.2) is 0 Å². The molecule has 0 spiro atoms. The SMILES string of the molecule is CCCCc1ccc(CN(Cc2cccc(CC(=O)O)c2)S(=O)(=O)c2ccccc2)cc1. The van der Waals surface area contributed by atoms with Crippen LogP contribution in [0.4, 0.5) is 0 Å². The highest BCUT2D eigenvalue weighted by molar-refractivity contribution is 7.89. The van der Waals surface area contributed by atoms with E-state index in [0.29, 0.717) is 5.56 Å². The number of aryl methyl sites for hydroxylation is 1. The second-order valence-corrected chi connectivity index (χ2v) is 9.83. The van der Waals surface area contributed by atoms with E-state index in [4.69, 9.17) is 5.11 Å². The predicted molar refractivity (Wildman–Crippen MR) is 126 cm³/mol. The Morgan fingerprint density at radius 1 is 0.812 bits per heavy atom. The minimum Gasteiger partial charge on any atom is -0.481 e. The molecule has 0 saturated carbocycles. The lowest BCUT2D eigenvalue weighted by atomic mass is 10.1. The van der Waals surface area contributed by atoms with E-state index in [1.54, 1.807) is 48.5 Å². The quantitative estimate of drug-likeness (QED) is 0.443. The molecular weight excluding hydrogens is 422 g/mol. The number of carboxylic acid groups (broad SMARTS) is 1. The van der Waals surface area contributed by atoms with E-state index < -0.39 is 16.0 Å². The van der Waals surface area contributed by atoms with Crippen LogP contribution in [0.1, 0.15) is 42.0 Å². The minimum absolute atomic E-state index is 0.0987. The highest BCUT2D eigenvalue weighted by atomic mass is 32.2. The Bertz CT molecular complexity index is 1130. The van der Waals surface area contributed by atoms with Gasteiger partial charge >= 0.3 is 5.97 Å². The van der Waals surface area contributed by atoms with E-state index in [0.717, 1.165) is 30.4 Å². The van der Waals surface area contributed by atoms with Gasteiger partial charge < -0.3 is 5.11 Å². The van der Waals surface area contributed by atoms with Crippen molar-refractivity contribution < 1.29 is 18.3 Å². The molecule has 168 valence electrons. The summed E-state index contributed by atoms with van der Waals surface area (Å²) in [5.74, 6) is -0.918. The van der Waals surface area contributed by atoms with Gasteiger partial charge in [0.2, 0.25) is 10.0 Å².